The van der Waals surface area contributed by atoms with Crippen LogP contribution in [0.4, 0.5) is 0 Å². The maximum Gasteiger partial charge on any atom is 0.253 e. The van der Waals surface area contributed by atoms with Crippen LogP contribution in [0.5, 0.6) is 0 Å². The zero-order valence-corrected chi connectivity index (χ0v) is 12.3. The van der Waals surface area contributed by atoms with Gasteiger partial charge in [-0.25, -0.2) is 0 Å². The van der Waals surface area contributed by atoms with Crippen molar-refractivity contribution in [2.24, 2.45) is 5.92 Å². The number of hydrogen-bond donors (Lipinski definition) is 2. The average molecular weight is 278 g/mol. The summed E-state index contributed by atoms with van der Waals surface area (Å²) in [5.74, 6) is 0.456. The van der Waals surface area contributed by atoms with Crippen molar-refractivity contribution in [1.29, 1.82) is 0 Å². The lowest BCUT2D eigenvalue weighted by Gasteiger charge is -2.13. The number of carbonyl (C=O) groups is 1. The normalized spacial score (nSPS) is 15.9. The van der Waals surface area contributed by atoms with E-state index in [1.54, 1.807) is 6.92 Å². The minimum absolute atomic E-state index is 0.144. The van der Waals surface area contributed by atoms with Crippen molar-refractivity contribution >= 4 is 5.91 Å². The number of aryl methyl sites for hydroxylation is 2. The molecule has 2 rings (SSSR count). The van der Waals surface area contributed by atoms with Crippen LogP contribution < -0.4 is 10.9 Å². The highest BCUT2D eigenvalue weighted by atomic mass is 16.5. The molecule has 0 radical (unpaired) electrons. The maximum absolute atomic E-state index is 11.9. The first-order valence-electron chi connectivity index (χ1n) is 7.06. The van der Waals surface area contributed by atoms with Crippen LogP contribution in [0.25, 0.3) is 0 Å². The molecule has 5 nitrogen and oxygen atoms in total. The standard InChI is InChI=1S/C15H22N2O3/c1-9-6-10(2)17-15(19)13(9)7-16-14(18)11(3)20-8-12-4-5-12/h6,11-12H,4-5,7-8H2,1-3H3,(H,16,18)(H,17,19). The van der Waals surface area contributed by atoms with Crippen LogP contribution in [0, 0.1) is 19.8 Å². The van der Waals surface area contributed by atoms with Gasteiger partial charge in [0, 0.05) is 17.8 Å². The Morgan fingerprint density at radius 1 is 1.50 bits per heavy atom. The van der Waals surface area contributed by atoms with Gasteiger partial charge in [-0.05, 0) is 51.2 Å². The SMILES string of the molecule is Cc1cc(C)c(CNC(=O)C(C)OCC2CC2)c(=O)[nH]1. The monoisotopic (exact) mass is 278 g/mol. The zero-order chi connectivity index (χ0) is 14.7. The molecule has 1 unspecified atom stereocenters. The highest BCUT2D eigenvalue weighted by Crippen LogP contribution is 2.29. The van der Waals surface area contributed by atoms with Crippen molar-refractivity contribution in [2.45, 2.75) is 46.3 Å². The van der Waals surface area contributed by atoms with Crippen LogP contribution in [-0.2, 0) is 16.1 Å². The quantitative estimate of drug-likeness (QED) is 0.826. The van der Waals surface area contributed by atoms with E-state index in [4.69, 9.17) is 4.74 Å². The van der Waals surface area contributed by atoms with Gasteiger partial charge in [-0.15, -0.1) is 0 Å². The van der Waals surface area contributed by atoms with Gasteiger partial charge in [0.1, 0.15) is 6.10 Å². The second kappa shape index (κ2) is 6.22. The van der Waals surface area contributed by atoms with Crippen LogP contribution in [0.3, 0.4) is 0 Å². The van der Waals surface area contributed by atoms with E-state index in [1.165, 1.54) is 12.8 Å². The number of rotatable bonds is 6. The molecular formula is C15H22N2O3. The first-order chi connectivity index (χ1) is 9.47. The molecule has 1 heterocycles. The van der Waals surface area contributed by atoms with E-state index in [1.807, 2.05) is 19.9 Å². The number of ether oxygens (including phenoxy) is 1. The van der Waals surface area contributed by atoms with Crippen LogP contribution in [0.1, 0.15) is 36.6 Å². The molecule has 0 saturated heterocycles. The van der Waals surface area contributed by atoms with Gasteiger partial charge < -0.3 is 15.0 Å². The molecule has 0 bridgehead atoms. The average Bonchev–Trinajstić information content (AvgIpc) is 3.18. The number of nitrogens with one attached hydrogen (secondary N) is 2. The largest absolute Gasteiger partial charge is 0.368 e. The van der Waals surface area contributed by atoms with Gasteiger partial charge in [0.05, 0.1) is 6.61 Å². The van der Waals surface area contributed by atoms with Gasteiger partial charge in [0.25, 0.3) is 5.56 Å². The number of hydrogen-bond acceptors (Lipinski definition) is 3. The molecule has 5 heteroatoms. The number of aromatic amines is 1. The summed E-state index contributed by atoms with van der Waals surface area (Å²) >= 11 is 0. The highest BCUT2D eigenvalue weighted by molar-refractivity contribution is 5.80. The molecule has 1 aromatic rings. The van der Waals surface area contributed by atoms with Crippen molar-refractivity contribution in [3.8, 4) is 0 Å². The molecule has 1 amide bonds. The third-order valence-electron chi connectivity index (χ3n) is 3.58. The van der Waals surface area contributed by atoms with Gasteiger partial charge in [0.2, 0.25) is 5.91 Å². The number of aromatic nitrogens is 1. The van der Waals surface area contributed by atoms with Gasteiger partial charge in [-0.2, -0.15) is 0 Å². The van der Waals surface area contributed by atoms with Crippen LogP contribution in [0.2, 0.25) is 0 Å². The number of pyridine rings is 1. The molecule has 110 valence electrons. The minimum Gasteiger partial charge on any atom is -0.368 e. The predicted octanol–water partition coefficient (Wildman–Crippen LogP) is 1.42. The van der Waals surface area contributed by atoms with Crippen molar-refractivity contribution in [2.75, 3.05) is 6.61 Å². The lowest BCUT2D eigenvalue weighted by Crippen LogP contribution is -2.36. The Hall–Kier alpha value is -1.62. The molecule has 2 N–H and O–H groups in total. The highest BCUT2D eigenvalue weighted by Gasteiger charge is 2.24. The van der Waals surface area contributed by atoms with E-state index in [-0.39, 0.29) is 18.0 Å². The Morgan fingerprint density at radius 2 is 2.20 bits per heavy atom. The molecule has 20 heavy (non-hydrogen) atoms. The van der Waals surface area contributed by atoms with Gasteiger partial charge >= 0.3 is 0 Å². The molecule has 1 aliphatic rings. The molecule has 0 aromatic carbocycles. The lowest BCUT2D eigenvalue weighted by molar-refractivity contribution is -0.132. The third kappa shape index (κ3) is 3.93. The van der Waals surface area contributed by atoms with E-state index in [2.05, 4.69) is 10.3 Å². The summed E-state index contributed by atoms with van der Waals surface area (Å²) < 4.78 is 5.50. The summed E-state index contributed by atoms with van der Waals surface area (Å²) in [6, 6.07) is 1.90. The van der Waals surface area contributed by atoms with E-state index in [0.717, 1.165) is 11.3 Å². The van der Waals surface area contributed by atoms with Crippen molar-refractivity contribution in [1.82, 2.24) is 10.3 Å². The molecule has 1 aromatic heterocycles. The van der Waals surface area contributed by atoms with Crippen molar-refractivity contribution < 1.29 is 9.53 Å². The summed E-state index contributed by atoms with van der Waals surface area (Å²) in [6.45, 7) is 6.33. The van der Waals surface area contributed by atoms with Gasteiger partial charge in [-0.1, -0.05) is 0 Å². The summed E-state index contributed by atoms with van der Waals surface area (Å²) in [5, 5.41) is 2.76. The summed E-state index contributed by atoms with van der Waals surface area (Å²) in [7, 11) is 0. The number of amides is 1. The Morgan fingerprint density at radius 3 is 2.80 bits per heavy atom. The summed E-state index contributed by atoms with van der Waals surface area (Å²) in [4.78, 5) is 26.5. The Labute approximate surface area is 118 Å². The first-order valence-corrected chi connectivity index (χ1v) is 7.06. The molecule has 1 saturated carbocycles. The van der Waals surface area contributed by atoms with Crippen molar-refractivity contribution in [3.63, 3.8) is 0 Å². The fourth-order valence-corrected chi connectivity index (χ4v) is 2.06. The maximum atomic E-state index is 11.9. The molecule has 1 fully saturated rings. The summed E-state index contributed by atoms with van der Waals surface area (Å²) in [5.41, 5.74) is 2.16. The third-order valence-corrected chi connectivity index (χ3v) is 3.58. The van der Waals surface area contributed by atoms with Gasteiger partial charge in [0.15, 0.2) is 0 Å². The number of carbonyl (C=O) groups excluding carboxylic acids is 1. The smallest absolute Gasteiger partial charge is 0.253 e. The number of H-pyrrole nitrogens is 1. The molecule has 0 aliphatic heterocycles. The van der Waals surface area contributed by atoms with Gasteiger partial charge in [-0.3, -0.25) is 9.59 Å². The van der Waals surface area contributed by atoms with E-state index < -0.39 is 6.10 Å². The first kappa shape index (κ1) is 14.8. The Kier molecular flexibility index (Phi) is 4.60. The van der Waals surface area contributed by atoms with E-state index in [9.17, 15) is 9.59 Å². The Balaban J connectivity index is 1.87. The fraction of sp³-hybridized carbons (Fsp3) is 0.600. The second-order valence-corrected chi connectivity index (χ2v) is 5.58. The molecule has 1 aliphatic carbocycles. The molecule has 1 atom stereocenters. The van der Waals surface area contributed by atoms with Crippen LogP contribution in [-0.4, -0.2) is 23.6 Å². The van der Waals surface area contributed by atoms with E-state index >= 15 is 0 Å². The van der Waals surface area contributed by atoms with Crippen molar-refractivity contribution in [3.05, 3.63) is 33.2 Å². The Bertz CT molecular complexity index is 547. The second-order valence-electron chi connectivity index (χ2n) is 5.58. The fourth-order valence-electron chi connectivity index (χ4n) is 2.06. The zero-order valence-electron chi connectivity index (χ0n) is 12.3. The minimum atomic E-state index is -0.472. The topological polar surface area (TPSA) is 71.2 Å². The van der Waals surface area contributed by atoms with Crippen LogP contribution >= 0.6 is 0 Å². The van der Waals surface area contributed by atoms with E-state index in [0.29, 0.717) is 18.1 Å². The molecular weight excluding hydrogens is 256 g/mol. The lowest BCUT2D eigenvalue weighted by atomic mass is 10.1. The summed E-state index contributed by atoms with van der Waals surface area (Å²) in [6.07, 6.45) is 1.93. The predicted molar refractivity (Wildman–Crippen MR) is 76.5 cm³/mol. The molecule has 0 spiro atoms. The van der Waals surface area contributed by atoms with Crippen LogP contribution in [0.15, 0.2) is 10.9 Å².